The first-order chi connectivity index (χ1) is 11.5. The van der Waals surface area contributed by atoms with Gasteiger partial charge in [-0.15, -0.1) is 11.6 Å². The first-order valence-corrected chi connectivity index (χ1v) is 8.60. The lowest BCUT2D eigenvalue weighted by molar-refractivity contribution is 0.0934. The predicted octanol–water partition coefficient (Wildman–Crippen LogP) is 3.63. The van der Waals surface area contributed by atoms with Gasteiger partial charge in [-0.1, -0.05) is 19.1 Å². The number of halogens is 1. The van der Waals surface area contributed by atoms with Crippen molar-refractivity contribution in [3.8, 4) is 5.75 Å². The van der Waals surface area contributed by atoms with Crippen molar-refractivity contribution < 1.29 is 9.53 Å². The normalized spacial score (nSPS) is 12.0. The molecular weight excluding hydrogens is 326 g/mol. The van der Waals surface area contributed by atoms with Crippen LogP contribution in [0.25, 0.3) is 0 Å². The summed E-state index contributed by atoms with van der Waals surface area (Å²) >= 11 is 5.79. The van der Waals surface area contributed by atoms with Crippen molar-refractivity contribution in [2.75, 3.05) is 13.0 Å². The molecule has 0 radical (unpaired) electrons. The number of carbonyl (C=O) groups is 1. The summed E-state index contributed by atoms with van der Waals surface area (Å²) in [6.45, 7) is 6.39. The van der Waals surface area contributed by atoms with Gasteiger partial charge >= 0.3 is 0 Å². The van der Waals surface area contributed by atoms with Gasteiger partial charge in [-0.25, -0.2) is 0 Å². The molecule has 0 saturated heterocycles. The van der Waals surface area contributed by atoms with Gasteiger partial charge in [0.25, 0.3) is 5.91 Å². The molecule has 0 saturated carbocycles. The molecule has 1 aromatic heterocycles. The lowest BCUT2D eigenvalue weighted by atomic mass is 10.0. The molecule has 130 valence electrons. The van der Waals surface area contributed by atoms with E-state index in [0.29, 0.717) is 18.0 Å². The molecule has 2 aromatic rings. The number of nitrogens with zero attached hydrogens (tertiary/aromatic N) is 2. The second-order valence-corrected chi connectivity index (χ2v) is 6.04. The van der Waals surface area contributed by atoms with E-state index in [4.69, 9.17) is 16.3 Å². The molecule has 0 bridgehead atoms. The van der Waals surface area contributed by atoms with Crippen molar-refractivity contribution in [1.29, 1.82) is 0 Å². The maximum absolute atomic E-state index is 12.7. The van der Waals surface area contributed by atoms with Gasteiger partial charge in [0.05, 0.1) is 31.0 Å². The second-order valence-electron chi connectivity index (χ2n) is 5.67. The molecule has 24 heavy (non-hydrogen) atoms. The largest absolute Gasteiger partial charge is 0.497 e. The second kappa shape index (κ2) is 8.20. The van der Waals surface area contributed by atoms with Gasteiger partial charge in [-0.05, 0) is 38.0 Å². The number of amides is 1. The summed E-state index contributed by atoms with van der Waals surface area (Å²) in [5, 5.41) is 7.51. The van der Waals surface area contributed by atoms with E-state index in [2.05, 4.69) is 10.4 Å². The number of aromatic nitrogens is 2. The maximum Gasteiger partial charge on any atom is 0.255 e. The van der Waals surface area contributed by atoms with Crippen LogP contribution in [0.5, 0.6) is 5.75 Å². The average Bonchev–Trinajstić information content (AvgIpc) is 2.87. The minimum absolute atomic E-state index is 0.0569. The Morgan fingerprint density at radius 3 is 2.54 bits per heavy atom. The van der Waals surface area contributed by atoms with E-state index in [1.165, 1.54) is 0 Å². The van der Waals surface area contributed by atoms with E-state index in [0.717, 1.165) is 29.1 Å². The molecule has 0 aliphatic rings. The molecule has 5 nitrogen and oxygen atoms in total. The van der Waals surface area contributed by atoms with E-state index >= 15 is 0 Å². The summed E-state index contributed by atoms with van der Waals surface area (Å²) in [6, 6.07) is 7.70. The van der Waals surface area contributed by atoms with Gasteiger partial charge < -0.3 is 10.1 Å². The molecule has 0 spiro atoms. The van der Waals surface area contributed by atoms with Crippen LogP contribution in [0.2, 0.25) is 0 Å². The molecule has 2 rings (SSSR count). The van der Waals surface area contributed by atoms with Crippen molar-refractivity contribution in [2.45, 2.75) is 39.8 Å². The van der Waals surface area contributed by atoms with Gasteiger partial charge in [0.1, 0.15) is 5.75 Å². The highest BCUT2D eigenvalue weighted by atomic mass is 35.5. The highest BCUT2D eigenvalue weighted by molar-refractivity contribution is 6.17. The van der Waals surface area contributed by atoms with Gasteiger partial charge in [-0.2, -0.15) is 5.10 Å². The lowest BCUT2D eigenvalue weighted by Gasteiger charge is -2.18. The third-order valence-corrected chi connectivity index (χ3v) is 4.31. The zero-order valence-corrected chi connectivity index (χ0v) is 15.4. The molecule has 0 fully saturated rings. The number of methoxy groups -OCH3 is 1. The Hall–Kier alpha value is -2.01. The summed E-state index contributed by atoms with van der Waals surface area (Å²) < 4.78 is 6.96. The number of alkyl halides is 1. The van der Waals surface area contributed by atoms with Crippen molar-refractivity contribution in [1.82, 2.24) is 15.1 Å². The standard InChI is InChI=1S/C18H24ClN3O2/c1-5-16(14-6-8-15(24-4)9-7-14)20-18(23)17-12(2)21-22(11-10-19)13(17)3/h6-9,16H,5,10-11H2,1-4H3,(H,20,23)/t16-/m1/s1. The number of ether oxygens (including phenoxy) is 1. The van der Waals surface area contributed by atoms with E-state index in [9.17, 15) is 4.79 Å². The molecule has 1 heterocycles. The van der Waals surface area contributed by atoms with Gasteiger partial charge in [-0.3, -0.25) is 9.48 Å². The zero-order valence-electron chi connectivity index (χ0n) is 14.6. The molecule has 6 heteroatoms. The van der Waals surface area contributed by atoms with Crippen LogP contribution in [-0.2, 0) is 6.54 Å². The summed E-state index contributed by atoms with van der Waals surface area (Å²) in [5.74, 6) is 1.16. The Labute approximate surface area is 148 Å². The van der Waals surface area contributed by atoms with Crippen molar-refractivity contribution in [2.24, 2.45) is 0 Å². The number of nitrogens with one attached hydrogen (secondary N) is 1. The first kappa shape index (κ1) is 18.3. The minimum Gasteiger partial charge on any atom is -0.497 e. The third kappa shape index (κ3) is 3.90. The molecule has 0 aliphatic carbocycles. The first-order valence-electron chi connectivity index (χ1n) is 8.06. The van der Waals surface area contributed by atoms with Crippen LogP contribution in [0.3, 0.4) is 0 Å². The highest BCUT2D eigenvalue weighted by Gasteiger charge is 2.21. The van der Waals surface area contributed by atoms with Crippen LogP contribution in [0, 0.1) is 13.8 Å². The van der Waals surface area contributed by atoms with Crippen molar-refractivity contribution >= 4 is 17.5 Å². The zero-order chi connectivity index (χ0) is 17.7. The third-order valence-electron chi connectivity index (χ3n) is 4.14. The molecular formula is C18H24ClN3O2. The van der Waals surface area contributed by atoms with E-state index in [-0.39, 0.29) is 11.9 Å². The van der Waals surface area contributed by atoms with Crippen molar-refractivity contribution in [3.05, 3.63) is 46.8 Å². The Balaban J connectivity index is 2.20. The monoisotopic (exact) mass is 349 g/mol. The molecule has 0 aliphatic heterocycles. The summed E-state index contributed by atoms with van der Waals surface area (Å²) in [7, 11) is 1.64. The number of hydrogen-bond donors (Lipinski definition) is 1. The predicted molar refractivity (Wildman–Crippen MR) is 95.9 cm³/mol. The Bertz CT molecular complexity index is 695. The quantitative estimate of drug-likeness (QED) is 0.776. The number of benzene rings is 1. The fraction of sp³-hybridized carbons (Fsp3) is 0.444. The SMILES string of the molecule is CC[C@@H](NC(=O)c1c(C)nn(CCCl)c1C)c1ccc(OC)cc1. The van der Waals surface area contributed by atoms with Crippen LogP contribution >= 0.6 is 11.6 Å². The van der Waals surface area contributed by atoms with E-state index < -0.39 is 0 Å². The molecule has 0 unspecified atom stereocenters. The van der Waals surface area contributed by atoms with Crippen LogP contribution in [0.1, 0.15) is 46.7 Å². The maximum atomic E-state index is 12.7. The topological polar surface area (TPSA) is 56.2 Å². The Morgan fingerprint density at radius 2 is 2.00 bits per heavy atom. The molecule has 1 atom stereocenters. The molecule has 1 N–H and O–H groups in total. The number of carbonyl (C=O) groups excluding carboxylic acids is 1. The number of hydrogen-bond acceptors (Lipinski definition) is 3. The van der Waals surface area contributed by atoms with Gasteiger partial charge in [0, 0.05) is 11.6 Å². The van der Waals surface area contributed by atoms with Crippen molar-refractivity contribution in [3.63, 3.8) is 0 Å². The molecule has 1 aromatic carbocycles. The number of aryl methyl sites for hydroxylation is 2. The van der Waals surface area contributed by atoms with Crippen LogP contribution in [-0.4, -0.2) is 28.7 Å². The lowest BCUT2D eigenvalue weighted by Crippen LogP contribution is -2.29. The van der Waals surface area contributed by atoms with Gasteiger partial charge in [0.2, 0.25) is 0 Å². The Morgan fingerprint density at radius 1 is 1.33 bits per heavy atom. The summed E-state index contributed by atoms with van der Waals surface area (Å²) in [4.78, 5) is 12.7. The number of rotatable bonds is 7. The Kier molecular flexibility index (Phi) is 6.26. The van der Waals surface area contributed by atoms with Crippen LogP contribution < -0.4 is 10.1 Å². The average molecular weight is 350 g/mol. The summed E-state index contributed by atoms with van der Waals surface area (Å²) in [6.07, 6.45) is 0.798. The smallest absolute Gasteiger partial charge is 0.255 e. The molecule has 1 amide bonds. The highest BCUT2D eigenvalue weighted by Crippen LogP contribution is 2.22. The minimum atomic E-state index is -0.103. The summed E-state index contributed by atoms with van der Waals surface area (Å²) in [5.41, 5.74) is 3.25. The van der Waals surface area contributed by atoms with Gasteiger partial charge in [0.15, 0.2) is 0 Å². The fourth-order valence-corrected chi connectivity index (χ4v) is 2.97. The fourth-order valence-electron chi connectivity index (χ4n) is 2.81. The van der Waals surface area contributed by atoms with E-state index in [1.807, 2.05) is 45.0 Å². The van der Waals surface area contributed by atoms with Crippen LogP contribution in [0.15, 0.2) is 24.3 Å². The van der Waals surface area contributed by atoms with E-state index in [1.54, 1.807) is 11.8 Å². The van der Waals surface area contributed by atoms with Crippen LogP contribution in [0.4, 0.5) is 0 Å².